The maximum Gasteiger partial charge on any atom is 0.143 e. The van der Waals surface area contributed by atoms with Crippen molar-refractivity contribution in [1.29, 1.82) is 0 Å². The minimum Gasteiger partial charge on any atom is -0.398 e. The number of aromatic nitrogens is 3. The largest absolute Gasteiger partial charge is 0.398 e. The summed E-state index contributed by atoms with van der Waals surface area (Å²) in [6, 6.07) is 5.99. The number of pyridine rings is 2. The van der Waals surface area contributed by atoms with Crippen LogP contribution in [-0.2, 0) is 13.0 Å². The summed E-state index contributed by atoms with van der Waals surface area (Å²) in [5, 5.41) is 1.09. The predicted molar refractivity (Wildman–Crippen MR) is 91.1 cm³/mol. The first-order chi connectivity index (χ1) is 10.5. The van der Waals surface area contributed by atoms with E-state index in [0.29, 0.717) is 0 Å². The van der Waals surface area contributed by atoms with Crippen LogP contribution in [0.15, 0.2) is 24.4 Å². The van der Waals surface area contributed by atoms with E-state index in [1.807, 2.05) is 24.4 Å². The molecule has 0 aliphatic heterocycles. The zero-order valence-corrected chi connectivity index (χ0v) is 13.6. The Morgan fingerprint density at radius 3 is 2.55 bits per heavy atom. The van der Waals surface area contributed by atoms with Crippen molar-refractivity contribution in [3.63, 3.8) is 0 Å². The molecule has 22 heavy (non-hydrogen) atoms. The van der Waals surface area contributed by atoms with Crippen molar-refractivity contribution in [2.24, 2.45) is 0 Å². The minimum absolute atomic E-state index is 0.718. The number of hydrogen-bond acceptors (Lipinski definition) is 3. The van der Waals surface area contributed by atoms with Crippen molar-refractivity contribution in [3.05, 3.63) is 52.6 Å². The molecule has 4 heteroatoms. The van der Waals surface area contributed by atoms with Gasteiger partial charge in [-0.15, -0.1) is 0 Å². The molecule has 4 nitrogen and oxygen atoms in total. The smallest absolute Gasteiger partial charge is 0.143 e. The number of nitrogens with two attached hydrogens (primary N) is 1. The maximum atomic E-state index is 6.40. The number of anilines is 1. The first-order valence-electron chi connectivity index (χ1n) is 7.68. The van der Waals surface area contributed by atoms with Crippen LogP contribution in [0.5, 0.6) is 0 Å². The second-order valence-corrected chi connectivity index (χ2v) is 5.77. The predicted octanol–water partition coefficient (Wildman–Crippen LogP) is 3.55. The first kappa shape index (κ1) is 14.6. The lowest BCUT2D eigenvalue weighted by Gasteiger charge is -2.11. The fraction of sp³-hybridized carbons (Fsp3) is 0.333. The Morgan fingerprint density at radius 2 is 1.91 bits per heavy atom. The molecule has 3 heterocycles. The van der Waals surface area contributed by atoms with Crippen LogP contribution in [0.4, 0.5) is 5.69 Å². The third-order valence-corrected chi connectivity index (χ3v) is 4.53. The summed E-state index contributed by atoms with van der Waals surface area (Å²) in [5.74, 6) is 0. The molecule has 0 saturated heterocycles. The monoisotopic (exact) mass is 294 g/mol. The fourth-order valence-corrected chi connectivity index (χ4v) is 3.03. The lowest BCUT2D eigenvalue weighted by atomic mass is 10.1. The average molecular weight is 294 g/mol. The summed E-state index contributed by atoms with van der Waals surface area (Å²) in [6.07, 6.45) is 2.71. The van der Waals surface area contributed by atoms with Crippen molar-refractivity contribution in [2.75, 3.05) is 5.73 Å². The fourth-order valence-electron chi connectivity index (χ4n) is 3.03. The van der Waals surface area contributed by atoms with Crippen LogP contribution < -0.4 is 5.73 Å². The number of rotatable bonds is 3. The molecule has 0 aliphatic rings. The minimum atomic E-state index is 0.718. The van der Waals surface area contributed by atoms with Crippen LogP contribution in [0.25, 0.3) is 11.0 Å². The molecule has 0 aliphatic carbocycles. The molecule has 0 aromatic carbocycles. The summed E-state index contributed by atoms with van der Waals surface area (Å²) in [5.41, 5.74) is 13.9. The first-order valence-corrected chi connectivity index (χ1v) is 7.68. The molecule has 0 radical (unpaired) electrons. The Balaban J connectivity index is 2.26. The number of fused-ring (bicyclic) bond motifs is 1. The van der Waals surface area contributed by atoms with Crippen LogP contribution in [0.1, 0.15) is 35.1 Å². The molecule has 0 spiro atoms. The molecular formula is C18H22N4. The van der Waals surface area contributed by atoms with Crippen LogP contribution >= 0.6 is 0 Å². The van der Waals surface area contributed by atoms with Crippen LogP contribution in [-0.4, -0.2) is 14.5 Å². The van der Waals surface area contributed by atoms with Crippen LogP contribution in [0.3, 0.4) is 0 Å². The van der Waals surface area contributed by atoms with Gasteiger partial charge in [-0.2, -0.15) is 0 Å². The van der Waals surface area contributed by atoms with Gasteiger partial charge in [-0.3, -0.25) is 4.98 Å². The van der Waals surface area contributed by atoms with Gasteiger partial charge in [0.15, 0.2) is 0 Å². The lowest BCUT2D eigenvalue weighted by molar-refractivity contribution is 0.765. The van der Waals surface area contributed by atoms with Crippen molar-refractivity contribution in [2.45, 2.75) is 40.7 Å². The Labute approximate surface area is 131 Å². The van der Waals surface area contributed by atoms with Crippen LogP contribution in [0.2, 0.25) is 0 Å². The van der Waals surface area contributed by atoms with Gasteiger partial charge in [0.25, 0.3) is 0 Å². The van der Waals surface area contributed by atoms with E-state index >= 15 is 0 Å². The summed E-state index contributed by atoms with van der Waals surface area (Å²) < 4.78 is 2.22. The third-order valence-electron chi connectivity index (χ3n) is 4.53. The van der Waals surface area contributed by atoms with E-state index in [1.54, 1.807) is 0 Å². The molecule has 2 N–H and O–H groups in total. The number of aryl methyl sites for hydroxylation is 2. The summed E-state index contributed by atoms with van der Waals surface area (Å²) >= 11 is 0. The highest BCUT2D eigenvalue weighted by Crippen LogP contribution is 2.32. The maximum absolute atomic E-state index is 6.40. The van der Waals surface area contributed by atoms with Gasteiger partial charge in [-0.25, -0.2) is 4.98 Å². The van der Waals surface area contributed by atoms with E-state index in [1.165, 1.54) is 11.3 Å². The zero-order valence-electron chi connectivity index (χ0n) is 13.6. The number of nitrogen functional groups attached to an aromatic ring is 1. The molecule has 0 atom stereocenters. The van der Waals surface area contributed by atoms with Crippen molar-refractivity contribution in [1.82, 2.24) is 14.5 Å². The molecule has 3 rings (SSSR count). The number of nitrogens with zero attached hydrogens (tertiary/aromatic N) is 3. The van der Waals surface area contributed by atoms with Crippen molar-refractivity contribution < 1.29 is 0 Å². The molecule has 0 unspecified atom stereocenters. The van der Waals surface area contributed by atoms with E-state index in [-0.39, 0.29) is 0 Å². The normalized spacial score (nSPS) is 11.3. The molecule has 0 amide bonds. The molecule has 114 valence electrons. The van der Waals surface area contributed by atoms with Crippen molar-refractivity contribution in [3.8, 4) is 0 Å². The molecule has 0 bridgehead atoms. The SMILES string of the molecule is CCc1nc2c(c(C)c(C)n2Cc2ccccn2)c(N)c1C. The molecule has 0 fully saturated rings. The molecule has 3 aromatic rings. The van der Waals surface area contributed by atoms with E-state index in [9.17, 15) is 0 Å². The van der Waals surface area contributed by atoms with E-state index in [0.717, 1.165) is 46.6 Å². The van der Waals surface area contributed by atoms with Gasteiger partial charge in [0, 0.05) is 28.7 Å². The van der Waals surface area contributed by atoms with Gasteiger partial charge in [0.05, 0.1) is 12.2 Å². The zero-order chi connectivity index (χ0) is 15.9. The summed E-state index contributed by atoms with van der Waals surface area (Å²) in [4.78, 5) is 9.32. The average Bonchev–Trinajstić information content (AvgIpc) is 2.76. The second-order valence-electron chi connectivity index (χ2n) is 5.77. The highest BCUT2D eigenvalue weighted by molar-refractivity contribution is 5.94. The quantitative estimate of drug-likeness (QED) is 0.803. The van der Waals surface area contributed by atoms with E-state index in [4.69, 9.17) is 10.7 Å². The van der Waals surface area contributed by atoms with E-state index < -0.39 is 0 Å². The van der Waals surface area contributed by atoms with Crippen molar-refractivity contribution >= 4 is 16.7 Å². The Bertz CT molecular complexity index is 832. The summed E-state index contributed by atoms with van der Waals surface area (Å²) in [6.45, 7) is 9.14. The van der Waals surface area contributed by atoms with Gasteiger partial charge >= 0.3 is 0 Å². The highest BCUT2D eigenvalue weighted by Gasteiger charge is 2.18. The molecular weight excluding hydrogens is 272 g/mol. The second kappa shape index (κ2) is 5.44. The molecule has 0 saturated carbocycles. The molecule has 3 aromatic heterocycles. The Hall–Kier alpha value is -2.36. The standard InChI is InChI=1S/C18H22N4/c1-5-15-12(3)17(19)16-11(2)13(4)22(18(16)21-15)10-14-8-6-7-9-20-14/h6-9H,5,10H2,1-4H3,(H2,19,21). The van der Waals surface area contributed by atoms with Gasteiger partial charge in [0.1, 0.15) is 5.65 Å². The van der Waals surface area contributed by atoms with Gasteiger partial charge in [-0.05, 0) is 50.5 Å². The third kappa shape index (κ3) is 2.15. The number of hydrogen-bond donors (Lipinski definition) is 1. The topological polar surface area (TPSA) is 56.7 Å². The van der Waals surface area contributed by atoms with Gasteiger partial charge < -0.3 is 10.3 Å². The lowest BCUT2D eigenvalue weighted by Crippen LogP contribution is -2.06. The van der Waals surface area contributed by atoms with E-state index in [2.05, 4.69) is 37.2 Å². The van der Waals surface area contributed by atoms with Gasteiger partial charge in [-0.1, -0.05) is 13.0 Å². The Morgan fingerprint density at radius 1 is 1.14 bits per heavy atom. The van der Waals surface area contributed by atoms with Crippen LogP contribution in [0, 0.1) is 20.8 Å². The Kier molecular flexibility index (Phi) is 3.61. The summed E-state index contributed by atoms with van der Waals surface area (Å²) in [7, 11) is 0. The van der Waals surface area contributed by atoms with Gasteiger partial charge in [0.2, 0.25) is 0 Å². The highest BCUT2D eigenvalue weighted by atomic mass is 15.1.